The van der Waals surface area contributed by atoms with Crippen LogP contribution in [-0.2, 0) is 11.2 Å². The fourth-order valence-corrected chi connectivity index (χ4v) is 5.52. The van der Waals surface area contributed by atoms with Crippen LogP contribution in [0.4, 0.5) is 0 Å². The molecule has 1 atom stereocenters. The number of aromatic nitrogens is 2. The van der Waals surface area contributed by atoms with Gasteiger partial charge in [-0.05, 0) is 60.5 Å². The number of hydrogen-bond donors (Lipinski definition) is 1. The van der Waals surface area contributed by atoms with E-state index in [0.717, 1.165) is 34.6 Å². The van der Waals surface area contributed by atoms with Crippen molar-refractivity contribution >= 4 is 52.0 Å². The molecule has 0 fully saturated rings. The molecule has 0 amide bonds. The Kier molecular flexibility index (Phi) is 5.34. The molecule has 1 aliphatic rings. The number of fused-ring (bicyclic) bond motifs is 3. The first-order valence-corrected chi connectivity index (χ1v) is 10.8. The van der Waals surface area contributed by atoms with Gasteiger partial charge in [-0.2, -0.15) is 0 Å². The van der Waals surface area contributed by atoms with Gasteiger partial charge >= 0.3 is 5.97 Å². The third kappa shape index (κ3) is 3.40. The van der Waals surface area contributed by atoms with Crippen LogP contribution in [0, 0.1) is 0 Å². The molecule has 2 heterocycles. The molecular formula is C21H20Cl2N2O2S. The molecule has 7 heteroatoms. The molecule has 2 aromatic heterocycles. The lowest BCUT2D eigenvalue weighted by Crippen LogP contribution is -2.07. The van der Waals surface area contributed by atoms with Crippen molar-refractivity contribution < 1.29 is 9.90 Å². The zero-order chi connectivity index (χ0) is 20.0. The Labute approximate surface area is 178 Å². The van der Waals surface area contributed by atoms with Crippen molar-refractivity contribution in [2.45, 2.75) is 49.8 Å². The van der Waals surface area contributed by atoms with Gasteiger partial charge in [-0.25, -0.2) is 0 Å². The summed E-state index contributed by atoms with van der Waals surface area (Å²) in [5, 5.41) is 11.6. The zero-order valence-corrected chi connectivity index (χ0v) is 17.9. The van der Waals surface area contributed by atoms with E-state index in [-0.39, 0.29) is 18.3 Å². The van der Waals surface area contributed by atoms with E-state index in [1.54, 1.807) is 18.0 Å². The maximum Gasteiger partial charge on any atom is 0.304 e. The molecule has 0 bridgehead atoms. The minimum atomic E-state index is -0.767. The number of aryl methyl sites for hydroxylation is 1. The molecule has 0 aliphatic heterocycles. The summed E-state index contributed by atoms with van der Waals surface area (Å²) < 4.78 is 2.19. The van der Waals surface area contributed by atoms with Gasteiger partial charge in [0.25, 0.3) is 0 Å². The molecule has 4 rings (SSSR count). The molecule has 3 aromatic rings. The number of halogens is 2. The molecule has 0 saturated carbocycles. The fourth-order valence-electron chi connectivity index (χ4n) is 4.00. The second-order valence-electron chi connectivity index (χ2n) is 7.41. The first kappa shape index (κ1) is 19.6. The smallest absolute Gasteiger partial charge is 0.304 e. The van der Waals surface area contributed by atoms with E-state index >= 15 is 0 Å². The summed E-state index contributed by atoms with van der Waals surface area (Å²) in [5.41, 5.74) is 4.45. The average Bonchev–Trinajstić information content (AvgIpc) is 3.17. The van der Waals surface area contributed by atoms with Crippen molar-refractivity contribution in [2.24, 2.45) is 0 Å². The number of aliphatic carboxylic acids is 1. The topological polar surface area (TPSA) is 55.1 Å². The summed E-state index contributed by atoms with van der Waals surface area (Å²) in [6.45, 7) is 4.26. The molecular weight excluding hydrogens is 415 g/mol. The largest absolute Gasteiger partial charge is 0.481 e. The molecule has 28 heavy (non-hydrogen) atoms. The molecule has 1 aliphatic carbocycles. The predicted molar refractivity (Wildman–Crippen MR) is 115 cm³/mol. The van der Waals surface area contributed by atoms with Crippen molar-refractivity contribution in [3.05, 3.63) is 57.5 Å². The van der Waals surface area contributed by atoms with Crippen LogP contribution >= 0.6 is 35.1 Å². The lowest BCUT2D eigenvalue weighted by atomic mass is 10.0. The molecule has 1 N–H and O–H groups in total. The summed E-state index contributed by atoms with van der Waals surface area (Å²) in [7, 11) is 0. The quantitative estimate of drug-likeness (QED) is 0.495. The number of nitrogens with zero attached hydrogens (tertiary/aromatic N) is 2. The molecule has 4 nitrogen and oxygen atoms in total. The van der Waals surface area contributed by atoms with Crippen molar-refractivity contribution in [1.82, 2.24) is 8.96 Å². The number of pyridine rings is 1. The lowest BCUT2D eigenvalue weighted by molar-refractivity contribution is -0.137. The Morgan fingerprint density at radius 3 is 2.79 bits per heavy atom. The Bertz CT molecular complexity index is 1080. The van der Waals surface area contributed by atoms with Crippen LogP contribution in [0.15, 0.2) is 35.4 Å². The Morgan fingerprint density at radius 2 is 2.11 bits per heavy atom. The minimum absolute atomic E-state index is 0.00446. The van der Waals surface area contributed by atoms with Gasteiger partial charge in [-0.1, -0.05) is 37.0 Å². The van der Waals surface area contributed by atoms with E-state index in [0.29, 0.717) is 10.0 Å². The summed E-state index contributed by atoms with van der Waals surface area (Å²) >= 11 is 13.9. The molecule has 0 saturated heterocycles. The van der Waals surface area contributed by atoms with E-state index in [1.165, 1.54) is 10.9 Å². The molecule has 146 valence electrons. The maximum atomic E-state index is 11.4. The number of hydrogen-bond acceptors (Lipinski definition) is 3. The monoisotopic (exact) mass is 434 g/mol. The first-order valence-electron chi connectivity index (χ1n) is 9.24. The number of carboxylic acid groups (broad SMARTS) is 1. The normalized spacial score (nSPS) is 16.1. The molecule has 0 radical (unpaired) electrons. The Hall–Kier alpha value is -1.69. The lowest BCUT2D eigenvalue weighted by Gasteiger charge is -2.16. The molecule has 1 aromatic carbocycles. The highest BCUT2D eigenvalue weighted by Gasteiger charge is 2.33. The highest BCUT2D eigenvalue weighted by Crippen LogP contribution is 2.46. The third-order valence-electron chi connectivity index (χ3n) is 5.19. The Balaban J connectivity index is 1.93. The maximum absolute atomic E-state index is 11.4. The number of carbonyl (C=O) groups is 1. The average molecular weight is 435 g/mol. The van der Waals surface area contributed by atoms with Gasteiger partial charge in [0.2, 0.25) is 0 Å². The van der Waals surface area contributed by atoms with Crippen molar-refractivity contribution in [1.29, 1.82) is 0 Å². The van der Waals surface area contributed by atoms with E-state index in [1.807, 2.05) is 18.3 Å². The minimum Gasteiger partial charge on any atom is -0.481 e. The number of rotatable bonds is 5. The van der Waals surface area contributed by atoms with Gasteiger partial charge in [0.05, 0.1) is 27.7 Å². The molecule has 0 spiro atoms. The van der Waals surface area contributed by atoms with Crippen LogP contribution in [0.2, 0.25) is 10.0 Å². The van der Waals surface area contributed by atoms with Crippen LogP contribution in [0.3, 0.4) is 0 Å². The zero-order valence-electron chi connectivity index (χ0n) is 15.6. The third-order valence-corrected chi connectivity index (χ3v) is 6.96. The van der Waals surface area contributed by atoms with Gasteiger partial charge in [0.1, 0.15) is 0 Å². The van der Waals surface area contributed by atoms with Gasteiger partial charge < -0.3 is 5.11 Å². The van der Waals surface area contributed by atoms with Gasteiger partial charge in [-0.3, -0.25) is 13.8 Å². The number of carboxylic acids is 1. The van der Waals surface area contributed by atoms with E-state index < -0.39 is 5.97 Å². The highest BCUT2D eigenvalue weighted by atomic mass is 35.5. The van der Waals surface area contributed by atoms with Gasteiger partial charge in [0.15, 0.2) is 0 Å². The summed E-state index contributed by atoms with van der Waals surface area (Å²) in [4.78, 5) is 17.0. The van der Waals surface area contributed by atoms with Gasteiger partial charge in [-0.15, -0.1) is 0 Å². The SMILES string of the molecule is CC(C)c1nccc2c3c(n(Sc4ccc(Cl)c(Cl)c4)c12)[C@@H](CC(=O)O)CC3. The van der Waals surface area contributed by atoms with Crippen LogP contribution in [0.1, 0.15) is 55.5 Å². The van der Waals surface area contributed by atoms with Crippen LogP contribution < -0.4 is 0 Å². The Morgan fingerprint density at radius 1 is 1.32 bits per heavy atom. The second kappa shape index (κ2) is 7.62. The van der Waals surface area contributed by atoms with E-state index in [4.69, 9.17) is 23.2 Å². The summed E-state index contributed by atoms with van der Waals surface area (Å²) in [6, 6.07) is 7.62. The van der Waals surface area contributed by atoms with E-state index in [9.17, 15) is 9.90 Å². The number of benzene rings is 1. The van der Waals surface area contributed by atoms with Crippen LogP contribution in [-0.4, -0.2) is 20.0 Å². The van der Waals surface area contributed by atoms with Gasteiger partial charge in [0, 0.05) is 28.1 Å². The first-order chi connectivity index (χ1) is 13.4. The van der Waals surface area contributed by atoms with Crippen molar-refractivity contribution in [2.75, 3.05) is 0 Å². The standard InChI is InChI=1S/C21H20Cl2N2O2S/c1-11(2)19-21-15(7-8-24-19)14-5-3-12(9-18(26)27)20(14)25(21)28-13-4-6-16(22)17(23)10-13/h4,6-8,10-12H,3,5,9H2,1-2H3,(H,26,27)/t12-/m1/s1. The second-order valence-corrected chi connectivity index (χ2v) is 9.24. The summed E-state index contributed by atoms with van der Waals surface area (Å²) in [6.07, 6.45) is 3.74. The van der Waals surface area contributed by atoms with E-state index in [2.05, 4.69) is 28.9 Å². The fraction of sp³-hybridized carbons (Fsp3) is 0.333. The van der Waals surface area contributed by atoms with Crippen LogP contribution in [0.5, 0.6) is 0 Å². The summed E-state index contributed by atoms with van der Waals surface area (Å²) in [5.74, 6) is -0.517. The molecule has 0 unspecified atom stereocenters. The van der Waals surface area contributed by atoms with Crippen molar-refractivity contribution in [3.63, 3.8) is 0 Å². The highest BCUT2D eigenvalue weighted by molar-refractivity contribution is 7.98. The van der Waals surface area contributed by atoms with Crippen molar-refractivity contribution in [3.8, 4) is 0 Å². The predicted octanol–water partition coefficient (Wildman–Crippen LogP) is 6.53. The van der Waals surface area contributed by atoms with Crippen LogP contribution in [0.25, 0.3) is 10.9 Å².